The van der Waals surface area contributed by atoms with Crippen LogP contribution in [0.4, 0.5) is 0 Å². The summed E-state index contributed by atoms with van der Waals surface area (Å²) in [5, 5.41) is 0.918. The second-order valence-corrected chi connectivity index (χ2v) is 7.00. The fourth-order valence-electron chi connectivity index (χ4n) is 4.12. The molecule has 0 aliphatic heterocycles. The third kappa shape index (κ3) is 2.69. The lowest BCUT2D eigenvalue weighted by Crippen LogP contribution is -2.19. The highest BCUT2D eigenvalue weighted by Crippen LogP contribution is 2.48. The van der Waals surface area contributed by atoms with Crippen molar-refractivity contribution in [3.05, 3.63) is 28.8 Å². The van der Waals surface area contributed by atoms with Crippen molar-refractivity contribution in [3.63, 3.8) is 0 Å². The molecule has 2 heteroatoms. The highest BCUT2D eigenvalue weighted by atomic mass is 79.9. The molecular weight excluding hydrogens is 300 g/mol. The first-order valence-electron chi connectivity index (χ1n) is 7.46. The summed E-state index contributed by atoms with van der Waals surface area (Å²) >= 11 is 3.52. The SMILES string of the molecule is Cc1cc(CBr)cc(C)c1OCC1CC2CCC1C2. The molecule has 1 aromatic carbocycles. The molecule has 104 valence electrons. The molecule has 0 heterocycles. The molecule has 1 nitrogen and oxygen atoms in total. The van der Waals surface area contributed by atoms with Crippen LogP contribution in [0.15, 0.2) is 12.1 Å². The van der Waals surface area contributed by atoms with Crippen molar-refractivity contribution in [3.8, 4) is 5.75 Å². The van der Waals surface area contributed by atoms with Gasteiger partial charge in [-0.15, -0.1) is 0 Å². The van der Waals surface area contributed by atoms with Gasteiger partial charge in [-0.1, -0.05) is 34.5 Å². The zero-order valence-corrected chi connectivity index (χ0v) is 13.5. The molecule has 0 spiro atoms. The number of hydrogen-bond acceptors (Lipinski definition) is 1. The molecule has 2 saturated carbocycles. The van der Waals surface area contributed by atoms with Gasteiger partial charge in [0.2, 0.25) is 0 Å². The van der Waals surface area contributed by atoms with E-state index in [0.717, 1.165) is 35.4 Å². The monoisotopic (exact) mass is 322 g/mol. The van der Waals surface area contributed by atoms with E-state index in [2.05, 4.69) is 41.9 Å². The lowest BCUT2D eigenvalue weighted by molar-refractivity contribution is 0.193. The Balaban J connectivity index is 1.67. The van der Waals surface area contributed by atoms with Crippen molar-refractivity contribution < 1.29 is 4.74 Å². The van der Waals surface area contributed by atoms with Crippen molar-refractivity contribution in [2.45, 2.75) is 44.9 Å². The van der Waals surface area contributed by atoms with Gasteiger partial charge >= 0.3 is 0 Å². The van der Waals surface area contributed by atoms with Crippen LogP contribution in [-0.2, 0) is 5.33 Å². The Hall–Kier alpha value is -0.500. The maximum absolute atomic E-state index is 6.19. The molecule has 3 atom stereocenters. The maximum atomic E-state index is 6.19. The van der Waals surface area contributed by atoms with Gasteiger partial charge in [0, 0.05) is 5.33 Å². The summed E-state index contributed by atoms with van der Waals surface area (Å²) in [5.41, 5.74) is 3.89. The van der Waals surface area contributed by atoms with Crippen LogP contribution in [0, 0.1) is 31.6 Å². The molecule has 0 aromatic heterocycles. The normalized spacial score (nSPS) is 28.9. The lowest BCUT2D eigenvalue weighted by Gasteiger charge is -2.23. The predicted molar refractivity (Wildman–Crippen MR) is 83.0 cm³/mol. The standard InChI is InChI=1S/C17H23BrO/c1-11-5-14(9-18)6-12(2)17(11)19-10-16-8-13-3-4-15(16)7-13/h5-6,13,15-16H,3-4,7-10H2,1-2H3. The van der Waals surface area contributed by atoms with Gasteiger partial charge in [0.1, 0.15) is 5.75 Å². The zero-order valence-electron chi connectivity index (χ0n) is 11.9. The lowest BCUT2D eigenvalue weighted by atomic mass is 9.89. The second kappa shape index (κ2) is 5.47. The van der Waals surface area contributed by atoms with Crippen molar-refractivity contribution >= 4 is 15.9 Å². The number of aryl methyl sites for hydroxylation is 2. The largest absolute Gasteiger partial charge is 0.493 e. The molecule has 2 bridgehead atoms. The molecule has 0 radical (unpaired) electrons. The van der Waals surface area contributed by atoms with E-state index < -0.39 is 0 Å². The fraction of sp³-hybridized carbons (Fsp3) is 0.647. The number of ether oxygens (including phenoxy) is 1. The van der Waals surface area contributed by atoms with Crippen LogP contribution in [0.2, 0.25) is 0 Å². The smallest absolute Gasteiger partial charge is 0.125 e. The molecule has 19 heavy (non-hydrogen) atoms. The van der Waals surface area contributed by atoms with Crippen molar-refractivity contribution in [1.82, 2.24) is 0 Å². The number of halogens is 1. The quantitative estimate of drug-likeness (QED) is 0.708. The molecule has 0 amide bonds. The molecule has 1 aromatic rings. The Labute approximate surface area is 124 Å². The van der Waals surface area contributed by atoms with Gasteiger partial charge in [0.05, 0.1) is 6.61 Å². The van der Waals surface area contributed by atoms with Gasteiger partial charge in [-0.25, -0.2) is 0 Å². The summed E-state index contributed by atoms with van der Waals surface area (Å²) < 4.78 is 6.19. The molecule has 0 saturated heterocycles. The highest BCUT2D eigenvalue weighted by Gasteiger charge is 2.39. The number of fused-ring (bicyclic) bond motifs is 2. The molecule has 2 aliphatic rings. The third-order valence-corrected chi connectivity index (χ3v) is 5.65. The highest BCUT2D eigenvalue weighted by molar-refractivity contribution is 9.08. The van der Waals surface area contributed by atoms with E-state index in [1.54, 1.807) is 0 Å². The van der Waals surface area contributed by atoms with Crippen molar-refractivity contribution in [2.75, 3.05) is 6.61 Å². The first kappa shape index (κ1) is 13.5. The summed E-state index contributed by atoms with van der Waals surface area (Å²) in [6.07, 6.45) is 5.79. The van der Waals surface area contributed by atoms with E-state index in [4.69, 9.17) is 4.74 Å². The van der Waals surface area contributed by atoms with E-state index in [1.165, 1.54) is 42.4 Å². The Bertz CT molecular complexity index is 445. The second-order valence-electron chi connectivity index (χ2n) is 6.44. The predicted octanol–water partition coefficient (Wildman–Crippen LogP) is 5.01. The fourth-order valence-corrected chi connectivity index (χ4v) is 4.44. The molecule has 3 rings (SSSR count). The first-order chi connectivity index (χ1) is 9.17. The number of hydrogen-bond donors (Lipinski definition) is 0. The Morgan fingerprint density at radius 1 is 1.16 bits per heavy atom. The van der Waals surface area contributed by atoms with E-state index in [9.17, 15) is 0 Å². The minimum atomic E-state index is 0.813. The number of alkyl halides is 1. The van der Waals surface area contributed by atoms with E-state index in [1.807, 2.05) is 0 Å². The molecular formula is C17H23BrO. The minimum absolute atomic E-state index is 0.813. The van der Waals surface area contributed by atoms with Crippen LogP contribution >= 0.6 is 15.9 Å². The zero-order chi connectivity index (χ0) is 13.4. The molecule has 3 unspecified atom stereocenters. The van der Waals surface area contributed by atoms with Crippen LogP contribution in [0.5, 0.6) is 5.75 Å². The summed E-state index contributed by atoms with van der Waals surface area (Å²) in [6, 6.07) is 4.47. The van der Waals surface area contributed by atoms with E-state index in [-0.39, 0.29) is 0 Å². The average molecular weight is 323 g/mol. The Morgan fingerprint density at radius 2 is 1.89 bits per heavy atom. The summed E-state index contributed by atoms with van der Waals surface area (Å²) in [4.78, 5) is 0. The van der Waals surface area contributed by atoms with Crippen LogP contribution in [-0.4, -0.2) is 6.61 Å². The number of benzene rings is 1. The Kier molecular flexibility index (Phi) is 3.88. The van der Waals surface area contributed by atoms with Gasteiger partial charge in [-0.05, 0) is 67.6 Å². The Morgan fingerprint density at radius 3 is 2.42 bits per heavy atom. The van der Waals surface area contributed by atoms with Crippen LogP contribution in [0.25, 0.3) is 0 Å². The van der Waals surface area contributed by atoms with Gasteiger partial charge in [-0.3, -0.25) is 0 Å². The van der Waals surface area contributed by atoms with Gasteiger partial charge < -0.3 is 4.74 Å². The topological polar surface area (TPSA) is 9.23 Å². The van der Waals surface area contributed by atoms with E-state index >= 15 is 0 Å². The molecule has 2 aliphatic carbocycles. The van der Waals surface area contributed by atoms with E-state index in [0.29, 0.717) is 0 Å². The maximum Gasteiger partial charge on any atom is 0.125 e. The average Bonchev–Trinajstić information content (AvgIpc) is 2.99. The van der Waals surface area contributed by atoms with Gasteiger partial charge in [-0.2, -0.15) is 0 Å². The first-order valence-corrected chi connectivity index (χ1v) is 8.58. The molecule has 2 fully saturated rings. The van der Waals surface area contributed by atoms with Crippen LogP contribution in [0.3, 0.4) is 0 Å². The van der Waals surface area contributed by atoms with Gasteiger partial charge in [0.25, 0.3) is 0 Å². The minimum Gasteiger partial charge on any atom is -0.493 e. The summed E-state index contributed by atoms with van der Waals surface area (Å²) in [5.74, 6) is 3.89. The molecule has 0 N–H and O–H groups in total. The van der Waals surface area contributed by atoms with Crippen LogP contribution < -0.4 is 4.74 Å². The third-order valence-electron chi connectivity index (χ3n) is 5.00. The van der Waals surface area contributed by atoms with Gasteiger partial charge in [0.15, 0.2) is 0 Å². The van der Waals surface area contributed by atoms with Crippen molar-refractivity contribution in [1.29, 1.82) is 0 Å². The van der Waals surface area contributed by atoms with Crippen LogP contribution in [0.1, 0.15) is 42.4 Å². The number of rotatable bonds is 4. The summed E-state index contributed by atoms with van der Waals surface area (Å²) in [7, 11) is 0. The summed E-state index contributed by atoms with van der Waals surface area (Å²) in [6.45, 7) is 5.25. The van der Waals surface area contributed by atoms with Crippen molar-refractivity contribution in [2.24, 2.45) is 17.8 Å².